The maximum absolute atomic E-state index is 12.3. The molecule has 1 aromatic carbocycles. The molecule has 4 heteroatoms. The smallest absolute Gasteiger partial charge is 0.207 e. The van der Waals surface area contributed by atoms with Crippen LogP contribution in [0.4, 0.5) is 0 Å². The third-order valence-electron chi connectivity index (χ3n) is 3.33. The average Bonchev–Trinajstić information content (AvgIpc) is 2.44. The summed E-state index contributed by atoms with van der Waals surface area (Å²) in [5, 5.41) is 0. The SMILES string of the molecule is C=C=CC(CCCCCC)NS(=O)(=O)c1ccc(C)cc1. The predicted octanol–water partition coefficient (Wildman–Crippen LogP) is 3.95. The number of hydrogen-bond donors (Lipinski definition) is 1. The molecule has 1 rings (SSSR count). The Morgan fingerprint density at radius 2 is 1.90 bits per heavy atom. The second kappa shape index (κ2) is 8.83. The molecule has 0 radical (unpaired) electrons. The van der Waals surface area contributed by atoms with Crippen molar-refractivity contribution in [2.45, 2.75) is 56.9 Å². The highest BCUT2D eigenvalue weighted by Gasteiger charge is 2.18. The summed E-state index contributed by atoms with van der Waals surface area (Å²) in [4.78, 5) is 0.295. The number of aryl methyl sites for hydroxylation is 1. The van der Waals surface area contributed by atoms with Crippen molar-refractivity contribution in [3.8, 4) is 0 Å². The first-order chi connectivity index (χ1) is 9.99. The summed E-state index contributed by atoms with van der Waals surface area (Å²) in [6.07, 6.45) is 6.91. The van der Waals surface area contributed by atoms with Crippen LogP contribution in [0.3, 0.4) is 0 Å². The molecule has 1 N–H and O–H groups in total. The number of sulfonamides is 1. The van der Waals surface area contributed by atoms with Gasteiger partial charge in [0.2, 0.25) is 10.0 Å². The molecular weight excluding hydrogens is 282 g/mol. The van der Waals surface area contributed by atoms with Gasteiger partial charge in [-0.1, -0.05) is 56.9 Å². The van der Waals surface area contributed by atoms with E-state index in [0.717, 1.165) is 31.2 Å². The number of rotatable bonds is 9. The average molecular weight is 307 g/mol. The standard InChI is InChI=1S/C17H25NO2S/c1-4-6-7-8-10-16(9-5-2)18-21(19,20)17-13-11-15(3)12-14-17/h9,11-14,16,18H,2,4,6-8,10H2,1,3H3. The van der Waals surface area contributed by atoms with Gasteiger partial charge in [-0.25, -0.2) is 13.1 Å². The van der Waals surface area contributed by atoms with Crippen molar-refractivity contribution >= 4 is 10.0 Å². The van der Waals surface area contributed by atoms with Crippen molar-refractivity contribution in [2.75, 3.05) is 0 Å². The van der Waals surface area contributed by atoms with Gasteiger partial charge in [0, 0.05) is 6.04 Å². The van der Waals surface area contributed by atoms with Crippen molar-refractivity contribution in [1.29, 1.82) is 0 Å². The predicted molar refractivity (Wildman–Crippen MR) is 87.8 cm³/mol. The number of benzene rings is 1. The Morgan fingerprint density at radius 3 is 2.48 bits per heavy atom. The molecule has 0 aliphatic heterocycles. The van der Waals surface area contributed by atoms with Crippen molar-refractivity contribution in [3.05, 3.63) is 48.2 Å². The highest BCUT2D eigenvalue weighted by atomic mass is 32.2. The minimum absolute atomic E-state index is 0.245. The van der Waals surface area contributed by atoms with E-state index in [1.54, 1.807) is 30.3 Å². The maximum atomic E-state index is 12.3. The highest BCUT2D eigenvalue weighted by molar-refractivity contribution is 7.89. The van der Waals surface area contributed by atoms with Crippen molar-refractivity contribution in [3.63, 3.8) is 0 Å². The molecule has 1 unspecified atom stereocenters. The Balaban J connectivity index is 2.72. The molecule has 0 heterocycles. The maximum Gasteiger partial charge on any atom is 0.241 e. The van der Waals surface area contributed by atoms with Gasteiger partial charge in [-0.3, -0.25) is 0 Å². The van der Waals surface area contributed by atoms with Gasteiger partial charge in [0.1, 0.15) is 0 Å². The summed E-state index contributed by atoms with van der Waals surface area (Å²) in [6, 6.07) is 6.61. The first kappa shape index (κ1) is 17.7. The van der Waals surface area contributed by atoms with Crippen LogP contribution in [0.1, 0.15) is 44.6 Å². The van der Waals surface area contributed by atoms with Gasteiger partial charge in [0.05, 0.1) is 4.90 Å². The van der Waals surface area contributed by atoms with Gasteiger partial charge >= 0.3 is 0 Å². The molecule has 0 aliphatic carbocycles. The molecule has 1 aromatic rings. The lowest BCUT2D eigenvalue weighted by molar-refractivity contribution is 0.543. The third-order valence-corrected chi connectivity index (χ3v) is 4.83. The first-order valence-electron chi connectivity index (χ1n) is 7.44. The van der Waals surface area contributed by atoms with Crippen molar-refractivity contribution < 1.29 is 8.42 Å². The van der Waals surface area contributed by atoms with Gasteiger partial charge in [-0.05, 0) is 31.6 Å². The molecular formula is C17H25NO2S. The van der Waals surface area contributed by atoms with Crippen LogP contribution in [0, 0.1) is 6.92 Å². The van der Waals surface area contributed by atoms with Gasteiger partial charge in [-0.15, -0.1) is 5.73 Å². The Hall–Kier alpha value is -1.35. The fraction of sp³-hybridized carbons (Fsp3) is 0.471. The normalized spacial score (nSPS) is 12.7. The van der Waals surface area contributed by atoms with Crippen LogP contribution in [0.25, 0.3) is 0 Å². The highest BCUT2D eigenvalue weighted by Crippen LogP contribution is 2.13. The Morgan fingerprint density at radius 1 is 1.24 bits per heavy atom. The van der Waals surface area contributed by atoms with E-state index in [2.05, 4.69) is 24.0 Å². The summed E-state index contributed by atoms with van der Waals surface area (Å²) in [7, 11) is -3.49. The minimum atomic E-state index is -3.49. The Kier molecular flexibility index (Phi) is 7.44. The minimum Gasteiger partial charge on any atom is -0.207 e. The van der Waals surface area contributed by atoms with E-state index >= 15 is 0 Å². The van der Waals surface area contributed by atoms with Crippen molar-refractivity contribution in [1.82, 2.24) is 4.72 Å². The third kappa shape index (κ3) is 6.30. The van der Waals surface area contributed by atoms with Gasteiger partial charge in [0.15, 0.2) is 0 Å². The van der Waals surface area contributed by atoms with E-state index in [-0.39, 0.29) is 6.04 Å². The largest absolute Gasteiger partial charge is 0.241 e. The van der Waals surface area contributed by atoms with Crippen LogP contribution in [-0.2, 0) is 10.0 Å². The molecule has 0 aromatic heterocycles. The number of hydrogen-bond acceptors (Lipinski definition) is 2. The quantitative estimate of drug-likeness (QED) is 0.554. The zero-order valence-electron chi connectivity index (χ0n) is 12.9. The lowest BCUT2D eigenvalue weighted by Crippen LogP contribution is -2.33. The van der Waals surface area contributed by atoms with Gasteiger partial charge in [0.25, 0.3) is 0 Å². The summed E-state index contributed by atoms with van der Waals surface area (Å²) in [5.74, 6) is 0. The molecule has 21 heavy (non-hydrogen) atoms. The molecule has 0 saturated carbocycles. The summed E-state index contributed by atoms with van der Waals surface area (Å²) < 4.78 is 27.4. The van der Waals surface area contributed by atoms with E-state index in [9.17, 15) is 8.42 Å². The van der Waals surface area contributed by atoms with Crippen LogP contribution in [0.5, 0.6) is 0 Å². The second-order valence-corrected chi connectivity index (χ2v) is 6.97. The number of unbranched alkanes of at least 4 members (excludes halogenated alkanes) is 3. The van der Waals surface area contributed by atoms with Crippen LogP contribution < -0.4 is 4.72 Å². The number of nitrogens with one attached hydrogen (secondary N) is 1. The molecule has 0 bridgehead atoms. The molecule has 116 valence electrons. The molecule has 1 atom stereocenters. The molecule has 0 fully saturated rings. The topological polar surface area (TPSA) is 46.2 Å². The fourth-order valence-corrected chi connectivity index (χ4v) is 3.31. The van der Waals surface area contributed by atoms with Gasteiger partial charge < -0.3 is 0 Å². The molecule has 0 aliphatic rings. The van der Waals surface area contributed by atoms with E-state index in [4.69, 9.17) is 0 Å². The molecule has 0 spiro atoms. The zero-order valence-corrected chi connectivity index (χ0v) is 13.7. The van der Waals surface area contributed by atoms with E-state index in [1.165, 1.54) is 6.42 Å². The van der Waals surface area contributed by atoms with Crippen LogP contribution in [0.15, 0.2) is 47.5 Å². The van der Waals surface area contributed by atoms with Crippen LogP contribution >= 0.6 is 0 Å². The molecule has 0 amide bonds. The second-order valence-electron chi connectivity index (χ2n) is 5.26. The van der Waals surface area contributed by atoms with E-state index in [0.29, 0.717) is 4.90 Å². The fourth-order valence-electron chi connectivity index (χ4n) is 2.09. The summed E-state index contributed by atoms with van der Waals surface area (Å²) in [6.45, 7) is 7.63. The Labute approximate surface area is 128 Å². The van der Waals surface area contributed by atoms with Crippen LogP contribution in [-0.4, -0.2) is 14.5 Å². The lowest BCUT2D eigenvalue weighted by Gasteiger charge is -2.15. The van der Waals surface area contributed by atoms with E-state index < -0.39 is 10.0 Å². The van der Waals surface area contributed by atoms with Gasteiger partial charge in [-0.2, -0.15) is 0 Å². The zero-order chi connectivity index (χ0) is 15.7. The first-order valence-corrected chi connectivity index (χ1v) is 8.93. The monoisotopic (exact) mass is 307 g/mol. The van der Waals surface area contributed by atoms with E-state index in [1.807, 2.05) is 6.92 Å². The van der Waals surface area contributed by atoms with Crippen LogP contribution in [0.2, 0.25) is 0 Å². The lowest BCUT2D eigenvalue weighted by atomic mass is 10.1. The Bertz CT molecular complexity index is 569. The molecule has 3 nitrogen and oxygen atoms in total. The summed E-state index contributed by atoms with van der Waals surface area (Å²) >= 11 is 0. The molecule has 0 saturated heterocycles. The summed E-state index contributed by atoms with van der Waals surface area (Å²) in [5.41, 5.74) is 3.73. The van der Waals surface area contributed by atoms with Crippen molar-refractivity contribution in [2.24, 2.45) is 0 Å².